The molecule has 0 aliphatic heterocycles. The lowest BCUT2D eigenvalue weighted by Gasteiger charge is -2.21. The number of aliphatic hydroxyl groups excluding tert-OH is 1. The zero-order valence-electron chi connectivity index (χ0n) is 8.76. The second-order valence-corrected chi connectivity index (χ2v) is 4.35. The quantitative estimate of drug-likeness (QED) is 0.641. The summed E-state index contributed by atoms with van der Waals surface area (Å²) in [6, 6.07) is 0. The van der Waals surface area contributed by atoms with Crippen molar-refractivity contribution in [3.05, 3.63) is 0 Å². The van der Waals surface area contributed by atoms with E-state index in [9.17, 15) is 0 Å². The third kappa shape index (κ3) is 5.27. The molecule has 1 aliphatic rings. The van der Waals surface area contributed by atoms with Gasteiger partial charge < -0.3 is 10.4 Å². The molecule has 1 aliphatic carbocycles. The molecule has 0 bridgehead atoms. The average molecular weight is 185 g/mol. The zero-order chi connectivity index (χ0) is 9.52. The van der Waals surface area contributed by atoms with Gasteiger partial charge in [-0.2, -0.15) is 0 Å². The summed E-state index contributed by atoms with van der Waals surface area (Å²) >= 11 is 0. The first-order chi connectivity index (χ1) is 6.29. The van der Waals surface area contributed by atoms with E-state index in [1.165, 1.54) is 32.1 Å². The van der Waals surface area contributed by atoms with E-state index in [4.69, 9.17) is 5.11 Å². The van der Waals surface area contributed by atoms with Gasteiger partial charge in [0.25, 0.3) is 0 Å². The fourth-order valence-electron chi connectivity index (χ4n) is 2.01. The third-order valence-electron chi connectivity index (χ3n) is 2.90. The highest BCUT2D eigenvalue weighted by atomic mass is 16.3. The van der Waals surface area contributed by atoms with Crippen molar-refractivity contribution in [1.82, 2.24) is 5.32 Å². The van der Waals surface area contributed by atoms with Gasteiger partial charge in [0.15, 0.2) is 0 Å². The van der Waals surface area contributed by atoms with Gasteiger partial charge in [0, 0.05) is 0 Å². The summed E-state index contributed by atoms with van der Waals surface area (Å²) in [5, 5.41) is 12.5. The normalized spacial score (nSPS) is 21.7. The molecule has 0 heterocycles. The molecule has 0 aromatic carbocycles. The third-order valence-corrected chi connectivity index (χ3v) is 2.90. The molecule has 1 atom stereocenters. The van der Waals surface area contributed by atoms with E-state index >= 15 is 0 Å². The van der Waals surface area contributed by atoms with Crippen LogP contribution in [0.1, 0.15) is 45.4 Å². The minimum absolute atomic E-state index is 0.154. The van der Waals surface area contributed by atoms with Crippen LogP contribution in [-0.2, 0) is 0 Å². The maximum absolute atomic E-state index is 9.05. The van der Waals surface area contributed by atoms with Crippen LogP contribution in [0, 0.1) is 5.92 Å². The summed E-state index contributed by atoms with van der Waals surface area (Å²) in [6.45, 7) is 3.98. The Bertz CT molecular complexity index is 119. The maximum atomic E-state index is 9.05. The van der Waals surface area contributed by atoms with E-state index in [-0.39, 0.29) is 6.10 Å². The van der Waals surface area contributed by atoms with Gasteiger partial charge in [0.05, 0.1) is 6.10 Å². The molecule has 2 N–H and O–H groups in total. The molecule has 0 aromatic heterocycles. The largest absolute Gasteiger partial charge is 0.393 e. The van der Waals surface area contributed by atoms with Gasteiger partial charge >= 0.3 is 0 Å². The molecule has 0 unspecified atom stereocenters. The minimum atomic E-state index is -0.154. The Morgan fingerprint density at radius 3 is 2.62 bits per heavy atom. The zero-order valence-corrected chi connectivity index (χ0v) is 8.76. The molecule has 1 fully saturated rings. The van der Waals surface area contributed by atoms with Crippen LogP contribution in [0.15, 0.2) is 0 Å². The molecule has 0 radical (unpaired) electrons. The molecule has 13 heavy (non-hydrogen) atoms. The summed E-state index contributed by atoms with van der Waals surface area (Å²) in [4.78, 5) is 0. The van der Waals surface area contributed by atoms with Crippen molar-refractivity contribution >= 4 is 0 Å². The standard InChI is InChI=1S/C11H23NO/c1-10(13)7-8-12-9-11-5-3-2-4-6-11/h10-13H,2-9H2,1H3/t10-/m0/s1. The molecule has 78 valence electrons. The SMILES string of the molecule is C[C@H](O)CCNCC1CCCCC1. The second kappa shape index (κ2) is 6.39. The van der Waals surface area contributed by atoms with Crippen LogP contribution in [0.25, 0.3) is 0 Å². The Hall–Kier alpha value is -0.0800. The predicted molar refractivity (Wildman–Crippen MR) is 55.7 cm³/mol. The van der Waals surface area contributed by atoms with Crippen LogP contribution < -0.4 is 5.32 Å². The van der Waals surface area contributed by atoms with Gasteiger partial charge in [-0.15, -0.1) is 0 Å². The van der Waals surface area contributed by atoms with Crippen LogP contribution in [0.2, 0.25) is 0 Å². The number of hydrogen-bond acceptors (Lipinski definition) is 2. The molecular weight excluding hydrogens is 162 g/mol. The van der Waals surface area contributed by atoms with E-state index in [1.807, 2.05) is 6.92 Å². The fraction of sp³-hybridized carbons (Fsp3) is 1.00. The topological polar surface area (TPSA) is 32.3 Å². The van der Waals surface area contributed by atoms with E-state index in [2.05, 4.69) is 5.32 Å². The highest BCUT2D eigenvalue weighted by Gasteiger charge is 2.12. The summed E-state index contributed by atoms with van der Waals surface area (Å²) in [5.74, 6) is 0.905. The lowest BCUT2D eigenvalue weighted by atomic mass is 9.89. The molecule has 2 heteroatoms. The van der Waals surface area contributed by atoms with Crippen LogP contribution in [0.5, 0.6) is 0 Å². The number of hydrogen-bond donors (Lipinski definition) is 2. The lowest BCUT2D eigenvalue weighted by molar-refractivity contribution is 0.182. The molecule has 0 spiro atoms. The smallest absolute Gasteiger partial charge is 0.0524 e. The van der Waals surface area contributed by atoms with Crippen molar-refractivity contribution in [2.24, 2.45) is 5.92 Å². The molecule has 0 aromatic rings. The Morgan fingerprint density at radius 1 is 1.31 bits per heavy atom. The Balaban J connectivity index is 1.92. The number of aliphatic hydroxyl groups is 1. The van der Waals surface area contributed by atoms with E-state index in [1.54, 1.807) is 0 Å². The molecule has 1 saturated carbocycles. The van der Waals surface area contributed by atoms with Crippen molar-refractivity contribution in [3.8, 4) is 0 Å². The van der Waals surface area contributed by atoms with Crippen molar-refractivity contribution in [2.75, 3.05) is 13.1 Å². The Kier molecular flexibility index (Phi) is 5.40. The number of rotatable bonds is 5. The summed E-state index contributed by atoms with van der Waals surface area (Å²) in [6.07, 6.45) is 7.81. The second-order valence-electron chi connectivity index (χ2n) is 4.35. The van der Waals surface area contributed by atoms with Crippen LogP contribution in [0.4, 0.5) is 0 Å². The molecule has 1 rings (SSSR count). The van der Waals surface area contributed by atoms with Crippen molar-refractivity contribution in [2.45, 2.75) is 51.6 Å². The summed E-state index contributed by atoms with van der Waals surface area (Å²) < 4.78 is 0. The molecule has 0 saturated heterocycles. The predicted octanol–water partition coefficient (Wildman–Crippen LogP) is 1.93. The highest BCUT2D eigenvalue weighted by molar-refractivity contribution is 4.68. The van der Waals surface area contributed by atoms with Crippen LogP contribution in [-0.4, -0.2) is 24.3 Å². The first-order valence-electron chi connectivity index (χ1n) is 5.68. The first-order valence-corrected chi connectivity index (χ1v) is 5.68. The van der Waals surface area contributed by atoms with Gasteiger partial charge in [-0.3, -0.25) is 0 Å². The summed E-state index contributed by atoms with van der Waals surface area (Å²) in [7, 11) is 0. The lowest BCUT2D eigenvalue weighted by Crippen LogP contribution is -2.26. The van der Waals surface area contributed by atoms with Crippen molar-refractivity contribution < 1.29 is 5.11 Å². The molecule has 2 nitrogen and oxygen atoms in total. The van der Waals surface area contributed by atoms with E-state index in [0.29, 0.717) is 0 Å². The summed E-state index contributed by atoms with van der Waals surface area (Å²) in [5.41, 5.74) is 0. The maximum Gasteiger partial charge on any atom is 0.0524 e. The van der Waals surface area contributed by atoms with E-state index in [0.717, 1.165) is 25.4 Å². The van der Waals surface area contributed by atoms with Crippen LogP contribution >= 0.6 is 0 Å². The van der Waals surface area contributed by atoms with Gasteiger partial charge in [-0.1, -0.05) is 19.3 Å². The van der Waals surface area contributed by atoms with Gasteiger partial charge in [-0.25, -0.2) is 0 Å². The number of nitrogens with one attached hydrogen (secondary N) is 1. The van der Waals surface area contributed by atoms with Gasteiger partial charge in [0.2, 0.25) is 0 Å². The minimum Gasteiger partial charge on any atom is -0.393 e. The van der Waals surface area contributed by atoms with Crippen molar-refractivity contribution in [3.63, 3.8) is 0 Å². The fourth-order valence-corrected chi connectivity index (χ4v) is 2.01. The van der Waals surface area contributed by atoms with Crippen molar-refractivity contribution in [1.29, 1.82) is 0 Å². The van der Waals surface area contributed by atoms with E-state index < -0.39 is 0 Å². The highest BCUT2D eigenvalue weighted by Crippen LogP contribution is 2.22. The van der Waals surface area contributed by atoms with Gasteiger partial charge in [-0.05, 0) is 45.2 Å². The van der Waals surface area contributed by atoms with Gasteiger partial charge in [0.1, 0.15) is 0 Å². The average Bonchev–Trinajstić information content (AvgIpc) is 2.14. The molecular formula is C11H23NO. The Morgan fingerprint density at radius 2 is 2.00 bits per heavy atom. The molecule has 0 amide bonds. The monoisotopic (exact) mass is 185 g/mol. The first kappa shape index (κ1) is 11.0. The van der Waals surface area contributed by atoms with Crippen LogP contribution in [0.3, 0.4) is 0 Å². The Labute approximate surface area is 81.7 Å².